The average molecular weight is 856 g/mol. The van der Waals surface area contributed by atoms with Crippen molar-refractivity contribution in [2.75, 3.05) is 26.2 Å². The van der Waals surface area contributed by atoms with Crippen LogP contribution in [0.2, 0.25) is 10.0 Å². The van der Waals surface area contributed by atoms with Gasteiger partial charge in [-0.25, -0.2) is 0 Å². The fourth-order valence-corrected chi connectivity index (χ4v) is 10.1. The van der Waals surface area contributed by atoms with E-state index < -0.39 is 52.8 Å². The first kappa shape index (κ1) is 38.7. The molecule has 1 saturated carbocycles. The van der Waals surface area contributed by atoms with E-state index in [1.165, 1.54) is 25.2 Å². The Balaban J connectivity index is 1.39. The van der Waals surface area contributed by atoms with Gasteiger partial charge in [-0.2, -0.15) is 5.01 Å². The molecule has 3 aromatic rings. The smallest absolute Gasteiger partial charge is 0.303 e. The van der Waals surface area contributed by atoms with E-state index in [2.05, 4.69) is 21.4 Å². The number of carbonyl (C=O) groups excluding carboxylic acids is 4. The molecule has 4 amide bonds. The van der Waals surface area contributed by atoms with Crippen LogP contribution < -0.4 is 14.9 Å². The third kappa shape index (κ3) is 6.43. The highest BCUT2D eigenvalue weighted by Gasteiger charge is 2.70. The summed E-state index contributed by atoms with van der Waals surface area (Å²) in [5.74, 6) is -6.13. The number of hydrazine groups is 1. The van der Waals surface area contributed by atoms with Crippen molar-refractivity contribution in [2.24, 2.45) is 23.7 Å². The molecule has 2 aliphatic heterocycles. The number of amides is 4. The molecule has 0 spiro atoms. The SMILES string of the molecule is COc1ccc([C@@]23C(=O)N(Nc4ccc(Cl)cc4Cl)C(=O)[C@@H]2C[C@@H]2C(=CC[C@@H]4C(=O)N(CCCCCC(=O)O)C(=O)[C@@H]42)[C@@H]3c2cc(Br)c(O)c(OC)c2)cc1. The van der Waals surface area contributed by atoms with Crippen molar-refractivity contribution in [2.45, 2.75) is 49.9 Å². The number of nitrogens with one attached hydrogen (secondary N) is 1. The Hall–Kier alpha value is -4.59. The molecule has 0 aromatic heterocycles. The molecule has 2 aliphatic carbocycles. The van der Waals surface area contributed by atoms with Gasteiger partial charge in [0, 0.05) is 23.9 Å². The standard InChI is InChI=1S/C40H38BrCl2N3O9/c1-54-23-10-7-21(8-11-23)40-27(37(51)46(39(40)53)44-30-14-9-22(42)18-29(30)43)19-26-24(34(40)20-16-28(41)35(49)31(17-20)55-2)12-13-25-33(26)38(52)45(36(25)50)15-5-3-4-6-32(47)48/h7-12,14,16-18,25-27,33-34,44,49H,3-6,13,15,19H2,1-2H3,(H,47,48)/t25-,26+,27-,33-,34-,40+/m0/s1. The van der Waals surface area contributed by atoms with Gasteiger partial charge in [-0.05, 0) is 101 Å². The monoisotopic (exact) mass is 853 g/mol. The summed E-state index contributed by atoms with van der Waals surface area (Å²) in [4.78, 5) is 70.9. The maximum Gasteiger partial charge on any atom is 0.303 e. The number of rotatable bonds is 12. The van der Waals surface area contributed by atoms with Crippen molar-refractivity contribution >= 4 is 74.4 Å². The van der Waals surface area contributed by atoms with Gasteiger partial charge in [-0.15, -0.1) is 0 Å². The van der Waals surface area contributed by atoms with Gasteiger partial charge < -0.3 is 19.7 Å². The number of fused-ring (bicyclic) bond motifs is 4. The number of hydrogen-bond acceptors (Lipinski definition) is 9. The number of phenols is 1. The largest absolute Gasteiger partial charge is 0.503 e. The van der Waals surface area contributed by atoms with Crippen LogP contribution >= 0.6 is 39.1 Å². The molecule has 3 N–H and O–H groups in total. The van der Waals surface area contributed by atoms with Crippen LogP contribution in [0.3, 0.4) is 0 Å². The van der Waals surface area contributed by atoms with E-state index in [1.807, 2.05) is 6.08 Å². The van der Waals surface area contributed by atoms with Crippen LogP contribution in [0, 0.1) is 23.7 Å². The Bertz CT molecular complexity index is 2130. The molecule has 6 atom stereocenters. The number of methoxy groups -OCH3 is 2. The Morgan fingerprint density at radius 1 is 0.945 bits per heavy atom. The summed E-state index contributed by atoms with van der Waals surface area (Å²) in [6.07, 6.45) is 3.68. The van der Waals surface area contributed by atoms with Gasteiger partial charge in [-0.1, -0.05) is 53.4 Å². The predicted octanol–water partition coefficient (Wildman–Crippen LogP) is 7.11. The normalized spacial score (nSPS) is 25.7. The third-order valence-electron chi connectivity index (χ3n) is 11.5. The van der Waals surface area contributed by atoms with Gasteiger partial charge in [0.2, 0.25) is 11.8 Å². The molecule has 2 saturated heterocycles. The number of aromatic hydroxyl groups is 1. The lowest BCUT2D eigenvalue weighted by atomic mass is 9.49. The van der Waals surface area contributed by atoms with Crippen molar-refractivity contribution < 1.29 is 43.7 Å². The number of likely N-dealkylation sites (tertiary alicyclic amines) is 1. The molecule has 15 heteroatoms. The molecule has 4 aliphatic rings. The fourth-order valence-electron chi connectivity index (χ4n) is 9.14. The number of carboxylic acid groups (broad SMARTS) is 1. The van der Waals surface area contributed by atoms with Crippen LogP contribution in [0.25, 0.3) is 0 Å². The molecule has 7 rings (SSSR count). The van der Waals surface area contributed by atoms with Crippen molar-refractivity contribution in [3.63, 3.8) is 0 Å². The summed E-state index contributed by atoms with van der Waals surface area (Å²) in [6, 6.07) is 14.9. The topological polar surface area (TPSA) is 163 Å². The lowest BCUT2D eigenvalue weighted by Gasteiger charge is -2.50. The summed E-state index contributed by atoms with van der Waals surface area (Å²) in [5.41, 5.74) is 3.44. The van der Waals surface area contributed by atoms with Crippen LogP contribution in [0.5, 0.6) is 17.2 Å². The number of halogens is 3. The summed E-state index contributed by atoms with van der Waals surface area (Å²) < 4.78 is 11.3. The second-order valence-electron chi connectivity index (χ2n) is 14.3. The second-order valence-corrected chi connectivity index (χ2v) is 16.0. The van der Waals surface area contributed by atoms with Crippen LogP contribution in [0.1, 0.15) is 55.6 Å². The van der Waals surface area contributed by atoms with Crippen molar-refractivity contribution in [1.29, 1.82) is 0 Å². The minimum absolute atomic E-state index is 0.00221. The maximum atomic E-state index is 15.4. The number of phenolic OH excluding ortho intramolecular Hbond substituents is 1. The van der Waals surface area contributed by atoms with Crippen molar-refractivity contribution in [3.05, 3.63) is 91.9 Å². The van der Waals surface area contributed by atoms with Gasteiger partial charge in [0.05, 0.1) is 52.6 Å². The van der Waals surface area contributed by atoms with Crippen LogP contribution in [0.4, 0.5) is 5.69 Å². The number of hydrogen-bond donors (Lipinski definition) is 3. The zero-order valence-electron chi connectivity index (χ0n) is 29.9. The Labute approximate surface area is 335 Å². The molecule has 0 unspecified atom stereocenters. The lowest BCUT2D eigenvalue weighted by molar-refractivity contribution is -0.141. The van der Waals surface area contributed by atoms with Crippen LogP contribution in [-0.4, -0.2) is 70.5 Å². The van der Waals surface area contributed by atoms with E-state index in [0.717, 1.165) is 10.6 Å². The van der Waals surface area contributed by atoms with E-state index in [4.69, 9.17) is 37.8 Å². The number of imide groups is 2. The van der Waals surface area contributed by atoms with Gasteiger partial charge in [0.25, 0.3) is 11.8 Å². The van der Waals surface area contributed by atoms with E-state index in [0.29, 0.717) is 45.6 Å². The van der Waals surface area contributed by atoms with Crippen molar-refractivity contribution in [1.82, 2.24) is 9.91 Å². The molecule has 0 radical (unpaired) electrons. The zero-order chi connectivity index (χ0) is 39.3. The van der Waals surface area contributed by atoms with Crippen LogP contribution in [-0.2, 0) is 29.4 Å². The number of anilines is 1. The van der Waals surface area contributed by atoms with Crippen LogP contribution in [0.15, 0.2) is 70.7 Å². The maximum absolute atomic E-state index is 15.4. The molecule has 55 heavy (non-hydrogen) atoms. The first-order chi connectivity index (χ1) is 26.3. The van der Waals surface area contributed by atoms with Crippen molar-refractivity contribution in [3.8, 4) is 17.2 Å². The number of nitrogens with zero attached hydrogens (tertiary/aromatic N) is 2. The van der Waals surface area contributed by atoms with E-state index in [-0.39, 0.29) is 59.8 Å². The molecular formula is C40H38BrCl2N3O9. The molecular weight excluding hydrogens is 817 g/mol. The molecule has 3 aromatic carbocycles. The molecule has 12 nitrogen and oxygen atoms in total. The number of aliphatic carboxylic acids is 1. The average Bonchev–Trinajstić information content (AvgIpc) is 3.53. The van der Waals surface area contributed by atoms with Gasteiger partial charge in [0.1, 0.15) is 5.75 Å². The summed E-state index contributed by atoms with van der Waals surface area (Å²) in [7, 11) is 2.94. The number of ether oxygens (including phenoxy) is 2. The summed E-state index contributed by atoms with van der Waals surface area (Å²) in [6.45, 7) is 0.161. The van der Waals surface area contributed by atoms with Gasteiger partial charge in [-0.3, -0.25) is 34.3 Å². The molecule has 288 valence electrons. The predicted molar refractivity (Wildman–Crippen MR) is 206 cm³/mol. The second kappa shape index (κ2) is 15.2. The third-order valence-corrected chi connectivity index (χ3v) is 12.7. The number of carboxylic acids is 1. The Morgan fingerprint density at radius 3 is 2.36 bits per heavy atom. The minimum atomic E-state index is -1.60. The number of benzene rings is 3. The fraction of sp³-hybridized carbons (Fsp3) is 0.375. The van der Waals surface area contributed by atoms with Gasteiger partial charge >= 0.3 is 5.97 Å². The highest BCUT2D eigenvalue weighted by Crippen LogP contribution is 2.64. The zero-order valence-corrected chi connectivity index (χ0v) is 33.0. The first-order valence-electron chi connectivity index (χ1n) is 17.9. The quantitative estimate of drug-likeness (QED) is 0.0973. The molecule has 3 fully saturated rings. The van der Waals surface area contributed by atoms with E-state index in [1.54, 1.807) is 48.5 Å². The molecule has 2 heterocycles. The lowest BCUT2D eigenvalue weighted by Crippen LogP contribution is -2.53. The first-order valence-corrected chi connectivity index (χ1v) is 19.5. The Kier molecular flexibility index (Phi) is 10.7. The number of carbonyl (C=O) groups is 5. The minimum Gasteiger partial charge on any atom is -0.503 e. The van der Waals surface area contributed by atoms with E-state index >= 15 is 4.79 Å². The summed E-state index contributed by atoms with van der Waals surface area (Å²) >= 11 is 16.2. The number of unbranched alkanes of at least 4 members (excludes halogenated alkanes) is 2. The Morgan fingerprint density at radius 2 is 1.69 bits per heavy atom. The number of allylic oxidation sites excluding steroid dienone is 2. The summed E-state index contributed by atoms with van der Waals surface area (Å²) in [5, 5.41) is 21.5. The highest BCUT2D eigenvalue weighted by atomic mass is 79.9. The molecule has 0 bridgehead atoms. The van der Waals surface area contributed by atoms with E-state index in [9.17, 15) is 24.3 Å². The van der Waals surface area contributed by atoms with Gasteiger partial charge in [0.15, 0.2) is 11.5 Å². The highest BCUT2D eigenvalue weighted by molar-refractivity contribution is 9.10.